The van der Waals surface area contributed by atoms with Gasteiger partial charge in [-0.25, -0.2) is 4.68 Å². The van der Waals surface area contributed by atoms with Crippen molar-refractivity contribution in [3.63, 3.8) is 0 Å². The van der Waals surface area contributed by atoms with Gasteiger partial charge in [-0.05, 0) is 52.9 Å². The van der Waals surface area contributed by atoms with Gasteiger partial charge in [0.1, 0.15) is 12.1 Å². The van der Waals surface area contributed by atoms with Crippen LogP contribution < -0.4 is 5.32 Å². The zero-order valence-electron chi connectivity index (χ0n) is 10.9. The molecule has 0 saturated carbocycles. The number of carbonyl (C=O) groups excluding carboxylic acids is 1. The van der Waals surface area contributed by atoms with Crippen LogP contribution in [0.4, 0.5) is 5.69 Å². The topological polar surface area (TPSA) is 85.8 Å². The number of carbonyl (C=O) groups is 1. The first-order valence-electron chi connectivity index (χ1n) is 6.17. The standard InChI is InChI=1S/C14H11N5O2/c20-14(8-7-13-2-1-9-21-13)16-11-3-5-12(6-4-11)19-10-15-17-18-19/h1-10H,(H,16,20)/b8-7+. The number of hydrogen-bond donors (Lipinski definition) is 1. The number of amides is 1. The average molecular weight is 281 g/mol. The Labute approximate surface area is 119 Å². The fraction of sp³-hybridized carbons (Fsp3) is 0. The van der Waals surface area contributed by atoms with Crippen LogP contribution in [0.3, 0.4) is 0 Å². The maximum absolute atomic E-state index is 11.7. The first-order valence-corrected chi connectivity index (χ1v) is 6.17. The van der Waals surface area contributed by atoms with Gasteiger partial charge in [0.15, 0.2) is 0 Å². The predicted octanol–water partition coefficient (Wildman–Crippen LogP) is 1.91. The lowest BCUT2D eigenvalue weighted by molar-refractivity contribution is -0.111. The molecule has 0 radical (unpaired) electrons. The number of aromatic nitrogens is 4. The molecule has 104 valence electrons. The van der Waals surface area contributed by atoms with Crippen LogP contribution in [-0.2, 0) is 4.79 Å². The van der Waals surface area contributed by atoms with Crippen LogP contribution in [0.1, 0.15) is 5.76 Å². The normalized spacial score (nSPS) is 10.9. The molecule has 3 rings (SSSR count). The third kappa shape index (κ3) is 3.21. The molecular weight excluding hydrogens is 270 g/mol. The number of tetrazole rings is 1. The van der Waals surface area contributed by atoms with Crippen molar-refractivity contribution in [2.24, 2.45) is 0 Å². The molecule has 0 saturated heterocycles. The summed E-state index contributed by atoms with van der Waals surface area (Å²) in [6, 6.07) is 10.7. The summed E-state index contributed by atoms with van der Waals surface area (Å²) in [5.41, 5.74) is 1.49. The van der Waals surface area contributed by atoms with E-state index in [4.69, 9.17) is 4.42 Å². The molecule has 0 aliphatic rings. The molecular formula is C14H11N5O2. The Kier molecular flexibility index (Phi) is 3.55. The van der Waals surface area contributed by atoms with Gasteiger partial charge >= 0.3 is 0 Å². The Morgan fingerprint density at radius 1 is 1.24 bits per heavy atom. The Bertz CT molecular complexity index is 730. The molecule has 3 aromatic rings. The van der Waals surface area contributed by atoms with E-state index in [1.807, 2.05) is 12.1 Å². The molecule has 0 aliphatic carbocycles. The van der Waals surface area contributed by atoms with E-state index in [0.717, 1.165) is 5.69 Å². The number of rotatable bonds is 4. The van der Waals surface area contributed by atoms with Crippen molar-refractivity contribution in [1.82, 2.24) is 20.2 Å². The van der Waals surface area contributed by atoms with Gasteiger partial charge in [0.25, 0.3) is 0 Å². The quantitative estimate of drug-likeness (QED) is 0.738. The van der Waals surface area contributed by atoms with E-state index < -0.39 is 0 Å². The molecule has 2 aromatic heterocycles. The average Bonchev–Trinajstić information content (AvgIpc) is 3.19. The van der Waals surface area contributed by atoms with E-state index in [1.165, 1.54) is 17.1 Å². The summed E-state index contributed by atoms with van der Waals surface area (Å²) in [5.74, 6) is 0.390. The summed E-state index contributed by atoms with van der Waals surface area (Å²) in [6.07, 6.45) is 6.06. The van der Waals surface area contributed by atoms with Gasteiger partial charge < -0.3 is 9.73 Å². The van der Waals surface area contributed by atoms with E-state index >= 15 is 0 Å². The van der Waals surface area contributed by atoms with E-state index in [9.17, 15) is 4.79 Å². The summed E-state index contributed by atoms with van der Waals surface area (Å²) in [5, 5.41) is 13.7. The van der Waals surface area contributed by atoms with Crippen LogP contribution in [0.5, 0.6) is 0 Å². The van der Waals surface area contributed by atoms with Crippen LogP contribution in [-0.4, -0.2) is 26.1 Å². The van der Waals surface area contributed by atoms with Crippen LogP contribution >= 0.6 is 0 Å². The number of nitrogens with zero attached hydrogens (tertiary/aromatic N) is 4. The minimum atomic E-state index is -0.235. The van der Waals surface area contributed by atoms with Gasteiger partial charge in [-0.15, -0.1) is 5.10 Å². The summed E-state index contributed by atoms with van der Waals surface area (Å²) in [4.78, 5) is 11.7. The molecule has 0 bridgehead atoms. The maximum atomic E-state index is 11.7. The van der Waals surface area contributed by atoms with Crippen LogP contribution in [0, 0.1) is 0 Å². The van der Waals surface area contributed by atoms with E-state index in [0.29, 0.717) is 11.4 Å². The fourth-order valence-electron chi connectivity index (χ4n) is 1.70. The van der Waals surface area contributed by atoms with Gasteiger partial charge in [0.2, 0.25) is 5.91 Å². The molecule has 21 heavy (non-hydrogen) atoms. The van der Waals surface area contributed by atoms with E-state index in [1.54, 1.807) is 36.6 Å². The highest BCUT2D eigenvalue weighted by molar-refractivity contribution is 6.01. The molecule has 0 aliphatic heterocycles. The van der Waals surface area contributed by atoms with Crippen molar-refractivity contribution in [1.29, 1.82) is 0 Å². The highest BCUT2D eigenvalue weighted by atomic mass is 16.3. The SMILES string of the molecule is O=C(/C=C/c1ccco1)Nc1ccc(-n2cnnn2)cc1. The van der Waals surface area contributed by atoms with Gasteiger partial charge in [-0.2, -0.15) is 0 Å². The zero-order valence-corrected chi connectivity index (χ0v) is 10.9. The molecule has 2 heterocycles. The molecule has 0 atom stereocenters. The molecule has 7 nitrogen and oxygen atoms in total. The predicted molar refractivity (Wildman–Crippen MR) is 75.5 cm³/mol. The van der Waals surface area contributed by atoms with Crippen molar-refractivity contribution in [3.8, 4) is 5.69 Å². The lowest BCUT2D eigenvalue weighted by Crippen LogP contribution is -2.07. The third-order valence-electron chi connectivity index (χ3n) is 2.69. The van der Waals surface area contributed by atoms with Crippen molar-refractivity contribution in [2.45, 2.75) is 0 Å². The smallest absolute Gasteiger partial charge is 0.248 e. The largest absolute Gasteiger partial charge is 0.465 e. The number of furan rings is 1. The fourth-order valence-corrected chi connectivity index (χ4v) is 1.70. The Morgan fingerprint density at radius 2 is 2.10 bits per heavy atom. The van der Waals surface area contributed by atoms with Gasteiger partial charge in [-0.3, -0.25) is 4.79 Å². The summed E-state index contributed by atoms with van der Waals surface area (Å²) >= 11 is 0. The van der Waals surface area contributed by atoms with E-state index in [-0.39, 0.29) is 5.91 Å². The zero-order chi connectivity index (χ0) is 14.5. The molecule has 0 fully saturated rings. The second-order valence-corrected chi connectivity index (χ2v) is 4.14. The highest BCUT2D eigenvalue weighted by Crippen LogP contribution is 2.12. The van der Waals surface area contributed by atoms with E-state index in [2.05, 4.69) is 20.8 Å². The van der Waals surface area contributed by atoms with Crippen LogP contribution in [0.2, 0.25) is 0 Å². The Balaban J connectivity index is 1.64. The molecule has 1 aromatic carbocycles. The molecule has 1 N–H and O–H groups in total. The lowest BCUT2D eigenvalue weighted by Gasteiger charge is -2.03. The Morgan fingerprint density at radius 3 is 2.76 bits per heavy atom. The first kappa shape index (κ1) is 12.8. The Hall–Kier alpha value is -3.22. The highest BCUT2D eigenvalue weighted by Gasteiger charge is 2.01. The second-order valence-electron chi connectivity index (χ2n) is 4.14. The number of anilines is 1. The second kappa shape index (κ2) is 5.83. The monoisotopic (exact) mass is 281 g/mol. The summed E-state index contributed by atoms with van der Waals surface area (Å²) in [6.45, 7) is 0. The molecule has 1 amide bonds. The van der Waals surface area contributed by atoms with Crippen LogP contribution in [0.25, 0.3) is 11.8 Å². The van der Waals surface area contributed by atoms with Crippen LogP contribution in [0.15, 0.2) is 59.5 Å². The third-order valence-corrected chi connectivity index (χ3v) is 2.69. The minimum absolute atomic E-state index is 0.235. The van der Waals surface area contributed by atoms with Crippen molar-refractivity contribution in [2.75, 3.05) is 5.32 Å². The first-order chi connectivity index (χ1) is 10.3. The maximum Gasteiger partial charge on any atom is 0.248 e. The molecule has 0 unspecified atom stereocenters. The van der Waals surface area contributed by atoms with Gasteiger partial charge in [-0.1, -0.05) is 0 Å². The van der Waals surface area contributed by atoms with Gasteiger partial charge in [0.05, 0.1) is 12.0 Å². The summed E-state index contributed by atoms with van der Waals surface area (Å²) in [7, 11) is 0. The van der Waals surface area contributed by atoms with Crippen molar-refractivity contribution < 1.29 is 9.21 Å². The number of benzene rings is 1. The van der Waals surface area contributed by atoms with Crippen molar-refractivity contribution in [3.05, 3.63) is 60.8 Å². The van der Waals surface area contributed by atoms with Gasteiger partial charge in [0, 0.05) is 11.8 Å². The molecule has 0 spiro atoms. The lowest BCUT2D eigenvalue weighted by atomic mass is 10.2. The molecule has 7 heteroatoms. The van der Waals surface area contributed by atoms with Crippen molar-refractivity contribution >= 4 is 17.7 Å². The summed E-state index contributed by atoms with van der Waals surface area (Å²) < 4.78 is 6.63. The minimum Gasteiger partial charge on any atom is -0.465 e. The number of nitrogens with one attached hydrogen (secondary N) is 1. The number of hydrogen-bond acceptors (Lipinski definition) is 5.